The van der Waals surface area contributed by atoms with Crippen molar-refractivity contribution in [3.05, 3.63) is 34.3 Å². The molecule has 164 valence electrons. The number of hydrogen-bond acceptors (Lipinski definition) is 7. The Morgan fingerprint density at radius 2 is 2.16 bits per heavy atom. The van der Waals surface area contributed by atoms with E-state index in [9.17, 15) is 14.9 Å². The first-order valence-corrected chi connectivity index (χ1v) is 12.4. The molecule has 0 fully saturated rings. The van der Waals surface area contributed by atoms with Gasteiger partial charge in [-0.25, -0.2) is 4.98 Å². The number of aryl methyl sites for hydroxylation is 1. The average molecular weight is 457 g/mol. The summed E-state index contributed by atoms with van der Waals surface area (Å²) >= 11 is 2.86. The summed E-state index contributed by atoms with van der Waals surface area (Å²) in [4.78, 5) is 29.7. The standard InChI is InChI=1S/C24H28N2O3S2/c1-5-29-21(28)12-16(27)14-31-23-18(13-25)22(20-7-6-10-30-20)17-11-15(24(2,3)4)8-9-19(17)26-23/h6-7,10,15H,5,8-9,11-12,14H2,1-4H3. The Kier molecular flexibility index (Phi) is 7.55. The Morgan fingerprint density at radius 3 is 2.77 bits per heavy atom. The van der Waals surface area contributed by atoms with E-state index in [4.69, 9.17) is 9.72 Å². The molecule has 7 heteroatoms. The van der Waals surface area contributed by atoms with Crippen molar-refractivity contribution in [2.75, 3.05) is 12.4 Å². The summed E-state index contributed by atoms with van der Waals surface area (Å²) < 4.78 is 4.85. The Morgan fingerprint density at radius 1 is 1.39 bits per heavy atom. The monoisotopic (exact) mass is 456 g/mol. The van der Waals surface area contributed by atoms with Gasteiger partial charge in [0.1, 0.15) is 17.5 Å². The van der Waals surface area contributed by atoms with Crippen LogP contribution in [-0.4, -0.2) is 29.1 Å². The number of Topliss-reactive ketones (excluding diaryl/α,β-unsaturated/α-hetero) is 1. The third kappa shape index (κ3) is 5.55. The number of pyridine rings is 1. The van der Waals surface area contributed by atoms with Crippen LogP contribution in [0.3, 0.4) is 0 Å². The molecule has 2 aromatic heterocycles. The fourth-order valence-electron chi connectivity index (χ4n) is 3.95. The maximum Gasteiger partial charge on any atom is 0.313 e. The van der Waals surface area contributed by atoms with Crippen molar-refractivity contribution in [3.63, 3.8) is 0 Å². The maximum absolute atomic E-state index is 12.2. The minimum Gasteiger partial charge on any atom is -0.466 e. The molecule has 1 aliphatic rings. The van der Waals surface area contributed by atoms with E-state index in [1.165, 1.54) is 17.3 Å². The molecule has 0 aliphatic heterocycles. The number of thioether (sulfide) groups is 1. The first-order valence-electron chi connectivity index (χ1n) is 10.5. The smallest absolute Gasteiger partial charge is 0.313 e. The largest absolute Gasteiger partial charge is 0.466 e. The van der Waals surface area contributed by atoms with Gasteiger partial charge in [0, 0.05) is 16.1 Å². The average Bonchev–Trinajstić information content (AvgIpc) is 3.24. The minimum absolute atomic E-state index is 0.0910. The van der Waals surface area contributed by atoms with Gasteiger partial charge in [0.2, 0.25) is 0 Å². The number of ketones is 1. The van der Waals surface area contributed by atoms with Gasteiger partial charge in [-0.2, -0.15) is 5.26 Å². The number of fused-ring (bicyclic) bond motifs is 1. The highest BCUT2D eigenvalue weighted by atomic mass is 32.2. The van der Waals surface area contributed by atoms with Crippen molar-refractivity contribution in [1.82, 2.24) is 4.98 Å². The van der Waals surface area contributed by atoms with Crippen LogP contribution in [0.25, 0.3) is 10.4 Å². The number of thiophene rings is 1. The topological polar surface area (TPSA) is 80.1 Å². The molecule has 0 radical (unpaired) electrons. The van der Waals surface area contributed by atoms with Gasteiger partial charge in [0.15, 0.2) is 5.78 Å². The maximum atomic E-state index is 12.2. The van der Waals surface area contributed by atoms with Gasteiger partial charge in [0.05, 0.1) is 17.9 Å². The van der Waals surface area contributed by atoms with Crippen molar-refractivity contribution in [3.8, 4) is 16.5 Å². The highest BCUT2D eigenvalue weighted by molar-refractivity contribution is 8.00. The number of esters is 1. The summed E-state index contributed by atoms with van der Waals surface area (Å²) in [5.41, 5.74) is 3.89. The van der Waals surface area contributed by atoms with E-state index in [1.54, 1.807) is 18.3 Å². The molecule has 2 aromatic rings. The van der Waals surface area contributed by atoms with E-state index in [0.29, 0.717) is 16.5 Å². The van der Waals surface area contributed by atoms with Crippen LogP contribution in [-0.2, 0) is 27.2 Å². The molecule has 1 unspecified atom stereocenters. The number of rotatable bonds is 7. The van der Waals surface area contributed by atoms with Crippen LogP contribution in [0.5, 0.6) is 0 Å². The van der Waals surface area contributed by atoms with Crippen molar-refractivity contribution in [2.45, 2.75) is 58.4 Å². The number of nitrogens with zero attached hydrogens (tertiary/aromatic N) is 2. The summed E-state index contributed by atoms with van der Waals surface area (Å²) in [5.74, 6) is -0.123. The second-order valence-electron chi connectivity index (χ2n) is 8.80. The van der Waals surface area contributed by atoms with Crippen LogP contribution in [0, 0.1) is 22.7 Å². The van der Waals surface area contributed by atoms with Gasteiger partial charge in [-0.3, -0.25) is 9.59 Å². The second kappa shape index (κ2) is 9.97. The lowest BCUT2D eigenvalue weighted by Crippen LogP contribution is -2.28. The van der Waals surface area contributed by atoms with Crippen LogP contribution in [0.4, 0.5) is 0 Å². The molecule has 1 atom stereocenters. The van der Waals surface area contributed by atoms with Crippen LogP contribution < -0.4 is 0 Å². The SMILES string of the molecule is CCOC(=O)CC(=O)CSc1nc2c(c(-c3cccs3)c1C#N)CC(C(C)(C)C)CC2. The normalized spacial score (nSPS) is 15.8. The van der Waals surface area contributed by atoms with Gasteiger partial charge in [-0.15, -0.1) is 11.3 Å². The summed E-state index contributed by atoms with van der Waals surface area (Å²) in [6, 6.07) is 6.40. The number of hydrogen-bond donors (Lipinski definition) is 0. The quantitative estimate of drug-likeness (QED) is 0.313. The highest BCUT2D eigenvalue weighted by Gasteiger charge is 2.33. The molecule has 0 spiro atoms. The molecule has 3 rings (SSSR count). The summed E-state index contributed by atoms with van der Waals surface area (Å²) in [5, 5.41) is 12.6. The van der Waals surface area contributed by atoms with Crippen LogP contribution in [0.2, 0.25) is 0 Å². The fourth-order valence-corrected chi connectivity index (χ4v) is 5.62. The van der Waals surface area contributed by atoms with E-state index in [-0.39, 0.29) is 30.0 Å². The molecule has 1 aliphatic carbocycles. The molecule has 0 bridgehead atoms. The van der Waals surface area contributed by atoms with E-state index < -0.39 is 5.97 Å². The lowest BCUT2D eigenvalue weighted by molar-refractivity contribution is -0.145. The van der Waals surface area contributed by atoms with Crippen molar-refractivity contribution in [1.29, 1.82) is 5.26 Å². The van der Waals surface area contributed by atoms with Crippen molar-refractivity contribution < 1.29 is 14.3 Å². The lowest BCUT2D eigenvalue weighted by atomic mass is 9.70. The molecule has 5 nitrogen and oxygen atoms in total. The zero-order valence-corrected chi connectivity index (χ0v) is 20.1. The molecule has 0 aromatic carbocycles. The van der Waals surface area contributed by atoms with Crippen molar-refractivity contribution in [2.24, 2.45) is 11.3 Å². The van der Waals surface area contributed by atoms with E-state index in [1.807, 2.05) is 17.5 Å². The Labute approximate surface area is 192 Å². The van der Waals surface area contributed by atoms with Gasteiger partial charge in [0.25, 0.3) is 0 Å². The zero-order chi connectivity index (χ0) is 22.6. The predicted molar refractivity (Wildman–Crippen MR) is 124 cm³/mol. The Hall–Kier alpha value is -2.17. The van der Waals surface area contributed by atoms with Gasteiger partial charge in [-0.1, -0.05) is 38.6 Å². The number of ether oxygens (including phenoxy) is 1. The molecule has 0 N–H and O–H groups in total. The Balaban J connectivity index is 1.96. The molecule has 2 heterocycles. The first-order chi connectivity index (χ1) is 14.7. The predicted octanol–water partition coefficient (Wildman–Crippen LogP) is 5.45. The molecular formula is C24H28N2O3S2. The number of carbonyl (C=O) groups excluding carboxylic acids is 2. The molecular weight excluding hydrogens is 428 g/mol. The minimum atomic E-state index is -0.514. The second-order valence-corrected chi connectivity index (χ2v) is 10.7. The van der Waals surface area contributed by atoms with Crippen LogP contribution in [0.1, 0.15) is 57.4 Å². The fraction of sp³-hybridized carbons (Fsp3) is 0.500. The number of aromatic nitrogens is 1. The third-order valence-electron chi connectivity index (χ3n) is 5.65. The highest BCUT2D eigenvalue weighted by Crippen LogP contribution is 2.44. The number of nitriles is 1. The van der Waals surface area contributed by atoms with Gasteiger partial charge in [-0.05, 0) is 54.5 Å². The molecule has 0 saturated heterocycles. The van der Waals surface area contributed by atoms with E-state index in [2.05, 4.69) is 26.8 Å². The summed E-state index contributed by atoms with van der Waals surface area (Å²) in [6.45, 7) is 8.77. The Bertz CT molecular complexity index is 1000. The molecule has 0 saturated carbocycles. The van der Waals surface area contributed by atoms with E-state index >= 15 is 0 Å². The molecule has 31 heavy (non-hydrogen) atoms. The number of carbonyl (C=O) groups is 2. The van der Waals surface area contributed by atoms with Crippen LogP contribution >= 0.6 is 23.1 Å². The lowest BCUT2D eigenvalue weighted by Gasteiger charge is -2.35. The zero-order valence-electron chi connectivity index (χ0n) is 18.5. The van der Waals surface area contributed by atoms with Crippen molar-refractivity contribution >= 4 is 34.9 Å². The third-order valence-corrected chi connectivity index (χ3v) is 7.57. The van der Waals surface area contributed by atoms with Crippen LogP contribution in [0.15, 0.2) is 22.5 Å². The first kappa shape index (κ1) is 23.5. The van der Waals surface area contributed by atoms with Gasteiger partial charge >= 0.3 is 5.97 Å². The van der Waals surface area contributed by atoms with Gasteiger partial charge < -0.3 is 4.74 Å². The summed E-state index contributed by atoms with van der Waals surface area (Å²) in [7, 11) is 0. The summed E-state index contributed by atoms with van der Waals surface area (Å²) in [6.07, 6.45) is 2.58. The van der Waals surface area contributed by atoms with E-state index in [0.717, 1.165) is 35.4 Å². The molecule has 0 amide bonds.